The van der Waals surface area contributed by atoms with Gasteiger partial charge in [0, 0.05) is 18.7 Å². The highest BCUT2D eigenvalue weighted by Crippen LogP contribution is 2.26. The van der Waals surface area contributed by atoms with E-state index in [1.165, 1.54) is 4.90 Å². The molecule has 0 radical (unpaired) electrons. The fourth-order valence-corrected chi connectivity index (χ4v) is 3.97. The van der Waals surface area contributed by atoms with Crippen molar-refractivity contribution >= 4 is 39.4 Å². The van der Waals surface area contributed by atoms with Crippen LogP contribution in [-0.4, -0.2) is 58.3 Å². The molecule has 2 aromatic rings. The number of hydrogen-bond donors (Lipinski definition) is 1. The van der Waals surface area contributed by atoms with Gasteiger partial charge in [-0.3, -0.25) is 14.5 Å². The van der Waals surface area contributed by atoms with Crippen LogP contribution in [0.2, 0.25) is 0 Å². The molecule has 0 atom stereocenters. The fourth-order valence-electron chi connectivity index (χ4n) is 3.03. The SMILES string of the molecule is CCc1nc2ccc(C(=O)N3CC(N4C(=O)CNC4=O)C3)cc2s1. The predicted molar refractivity (Wildman–Crippen MR) is 88.9 cm³/mol. The molecule has 4 amide bonds. The smallest absolute Gasteiger partial charge is 0.324 e. The highest BCUT2D eigenvalue weighted by atomic mass is 32.1. The quantitative estimate of drug-likeness (QED) is 0.849. The van der Waals surface area contributed by atoms with Crippen molar-refractivity contribution in [2.45, 2.75) is 19.4 Å². The van der Waals surface area contributed by atoms with E-state index in [9.17, 15) is 14.4 Å². The number of likely N-dealkylation sites (tertiary alicyclic amines) is 1. The first-order chi connectivity index (χ1) is 11.6. The maximum Gasteiger partial charge on any atom is 0.324 e. The van der Waals surface area contributed by atoms with Crippen molar-refractivity contribution in [2.75, 3.05) is 19.6 Å². The summed E-state index contributed by atoms with van der Waals surface area (Å²) in [6, 6.07) is 4.94. The number of urea groups is 1. The number of thiazole rings is 1. The summed E-state index contributed by atoms with van der Waals surface area (Å²) in [6.45, 7) is 2.88. The second-order valence-electron chi connectivity index (χ2n) is 5.93. The van der Waals surface area contributed by atoms with Crippen LogP contribution in [-0.2, 0) is 11.2 Å². The molecule has 4 rings (SSSR count). The summed E-state index contributed by atoms with van der Waals surface area (Å²) in [5.74, 6) is -0.304. The highest BCUT2D eigenvalue weighted by molar-refractivity contribution is 7.18. The van der Waals surface area contributed by atoms with E-state index < -0.39 is 0 Å². The largest absolute Gasteiger partial charge is 0.334 e. The predicted octanol–water partition coefficient (Wildman–Crippen LogP) is 1.23. The van der Waals surface area contributed by atoms with Gasteiger partial charge in [0.25, 0.3) is 5.91 Å². The molecule has 0 aliphatic carbocycles. The Morgan fingerprint density at radius 2 is 2.17 bits per heavy atom. The maximum absolute atomic E-state index is 12.6. The molecule has 0 spiro atoms. The molecule has 3 heterocycles. The summed E-state index contributed by atoms with van der Waals surface area (Å²) in [5, 5.41) is 3.55. The van der Waals surface area contributed by atoms with Gasteiger partial charge in [0.05, 0.1) is 27.8 Å². The summed E-state index contributed by atoms with van der Waals surface area (Å²) in [6.07, 6.45) is 0.877. The summed E-state index contributed by atoms with van der Waals surface area (Å²) < 4.78 is 1.00. The van der Waals surface area contributed by atoms with E-state index in [0.29, 0.717) is 18.7 Å². The monoisotopic (exact) mass is 344 g/mol. The molecule has 124 valence electrons. The third-order valence-electron chi connectivity index (χ3n) is 4.38. The Kier molecular flexibility index (Phi) is 3.49. The number of hydrogen-bond acceptors (Lipinski definition) is 5. The number of nitrogens with zero attached hydrogens (tertiary/aromatic N) is 3. The number of aryl methyl sites for hydroxylation is 1. The lowest BCUT2D eigenvalue weighted by molar-refractivity contribution is -0.128. The molecule has 1 N–H and O–H groups in total. The average molecular weight is 344 g/mol. The zero-order chi connectivity index (χ0) is 16.8. The van der Waals surface area contributed by atoms with Gasteiger partial charge in [0.15, 0.2) is 0 Å². The van der Waals surface area contributed by atoms with Gasteiger partial charge in [0.2, 0.25) is 5.91 Å². The zero-order valence-corrected chi connectivity index (χ0v) is 13.9. The normalized spacial score (nSPS) is 18.2. The lowest BCUT2D eigenvalue weighted by Gasteiger charge is -2.42. The Bertz CT molecular complexity index is 840. The van der Waals surface area contributed by atoms with Gasteiger partial charge in [-0.05, 0) is 24.6 Å². The Morgan fingerprint density at radius 3 is 2.83 bits per heavy atom. The first-order valence-corrected chi connectivity index (χ1v) is 8.67. The van der Waals surface area contributed by atoms with Crippen LogP contribution in [0.1, 0.15) is 22.3 Å². The van der Waals surface area contributed by atoms with Crippen molar-refractivity contribution in [3.63, 3.8) is 0 Å². The molecule has 1 aromatic heterocycles. The molecule has 2 saturated heterocycles. The molecule has 1 aromatic carbocycles. The van der Waals surface area contributed by atoms with Crippen molar-refractivity contribution in [1.29, 1.82) is 0 Å². The van der Waals surface area contributed by atoms with Crippen molar-refractivity contribution < 1.29 is 14.4 Å². The molecule has 2 fully saturated rings. The molecule has 7 nitrogen and oxygen atoms in total. The van der Waals surface area contributed by atoms with Gasteiger partial charge >= 0.3 is 6.03 Å². The molecular weight excluding hydrogens is 328 g/mol. The van der Waals surface area contributed by atoms with E-state index in [2.05, 4.69) is 17.2 Å². The fraction of sp³-hybridized carbons (Fsp3) is 0.375. The van der Waals surface area contributed by atoms with E-state index in [-0.39, 0.29) is 30.4 Å². The van der Waals surface area contributed by atoms with Crippen molar-refractivity contribution in [3.05, 3.63) is 28.8 Å². The van der Waals surface area contributed by atoms with Gasteiger partial charge in [-0.1, -0.05) is 6.92 Å². The topological polar surface area (TPSA) is 82.6 Å². The second-order valence-corrected chi connectivity index (χ2v) is 7.05. The lowest BCUT2D eigenvalue weighted by Crippen LogP contribution is -2.62. The summed E-state index contributed by atoms with van der Waals surface area (Å²) in [7, 11) is 0. The van der Waals surface area contributed by atoms with Crippen LogP contribution in [0.3, 0.4) is 0 Å². The van der Waals surface area contributed by atoms with Gasteiger partial charge in [-0.25, -0.2) is 9.78 Å². The highest BCUT2D eigenvalue weighted by Gasteiger charge is 2.43. The molecule has 8 heteroatoms. The molecule has 2 aliphatic heterocycles. The molecule has 0 unspecified atom stereocenters. The molecule has 0 bridgehead atoms. The number of benzene rings is 1. The Labute approximate surface area is 142 Å². The minimum absolute atomic E-state index is 0.0467. The first-order valence-electron chi connectivity index (χ1n) is 7.85. The number of fused-ring (bicyclic) bond motifs is 1. The molecular formula is C16H16N4O3S. The Morgan fingerprint density at radius 1 is 1.38 bits per heavy atom. The van der Waals surface area contributed by atoms with E-state index in [0.717, 1.165) is 21.6 Å². The summed E-state index contributed by atoms with van der Waals surface area (Å²) in [4.78, 5) is 43.3. The minimum atomic E-state index is -0.365. The van der Waals surface area contributed by atoms with Crippen molar-refractivity contribution in [3.8, 4) is 0 Å². The number of rotatable bonds is 3. The van der Waals surface area contributed by atoms with Crippen molar-refractivity contribution in [1.82, 2.24) is 20.1 Å². The van der Waals surface area contributed by atoms with Gasteiger partial charge < -0.3 is 10.2 Å². The van der Waals surface area contributed by atoms with Crippen LogP contribution < -0.4 is 5.32 Å². The van der Waals surface area contributed by atoms with E-state index in [1.807, 2.05) is 12.1 Å². The van der Waals surface area contributed by atoms with Crippen LogP contribution in [0.25, 0.3) is 10.2 Å². The minimum Gasteiger partial charge on any atom is -0.334 e. The first kappa shape index (κ1) is 15.1. The summed E-state index contributed by atoms with van der Waals surface area (Å²) in [5.41, 5.74) is 1.53. The number of nitrogens with one attached hydrogen (secondary N) is 1. The second kappa shape index (κ2) is 5.55. The van der Waals surface area contributed by atoms with Crippen LogP contribution in [0.4, 0.5) is 4.79 Å². The Balaban J connectivity index is 1.47. The Hall–Kier alpha value is -2.48. The average Bonchev–Trinajstić information content (AvgIpc) is 3.09. The summed E-state index contributed by atoms with van der Waals surface area (Å²) >= 11 is 1.60. The number of carbonyl (C=O) groups excluding carboxylic acids is 3. The van der Waals surface area contributed by atoms with E-state index >= 15 is 0 Å². The molecule has 0 saturated carbocycles. The van der Waals surface area contributed by atoms with E-state index in [4.69, 9.17) is 0 Å². The standard InChI is InChI=1S/C16H16N4O3S/c1-2-13-18-11-4-3-9(5-12(11)24-13)15(22)19-7-10(8-19)20-14(21)6-17-16(20)23/h3-5,10H,2,6-8H2,1H3,(H,17,23). The third kappa shape index (κ3) is 2.34. The molecule has 24 heavy (non-hydrogen) atoms. The number of aromatic nitrogens is 1. The van der Waals surface area contributed by atoms with Gasteiger partial charge in [-0.2, -0.15) is 0 Å². The number of amides is 4. The number of imide groups is 1. The number of carbonyl (C=O) groups is 3. The maximum atomic E-state index is 12.6. The van der Waals surface area contributed by atoms with Gasteiger partial charge in [-0.15, -0.1) is 11.3 Å². The van der Waals surface area contributed by atoms with Crippen LogP contribution >= 0.6 is 11.3 Å². The lowest BCUT2D eigenvalue weighted by atomic mass is 10.0. The third-order valence-corrected chi connectivity index (χ3v) is 5.54. The zero-order valence-electron chi connectivity index (χ0n) is 13.1. The van der Waals surface area contributed by atoms with Crippen LogP contribution in [0.15, 0.2) is 18.2 Å². The van der Waals surface area contributed by atoms with E-state index in [1.54, 1.807) is 22.3 Å². The molecule has 2 aliphatic rings. The van der Waals surface area contributed by atoms with Crippen LogP contribution in [0, 0.1) is 0 Å². The van der Waals surface area contributed by atoms with Crippen LogP contribution in [0.5, 0.6) is 0 Å². The van der Waals surface area contributed by atoms with Crippen molar-refractivity contribution in [2.24, 2.45) is 0 Å². The van der Waals surface area contributed by atoms with Gasteiger partial charge in [0.1, 0.15) is 0 Å².